The summed E-state index contributed by atoms with van der Waals surface area (Å²) < 4.78 is 0. The zero-order valence-electron chi connectivity index (χ0n) is 2.90. The maximum absolute atomic E-state index is 6.45. The van der Waals surface area contributed by atoms with Crippen molar-refractivity contribution in [2.24, 2.45) is 0 Å². The molecule has 0 rings (SSSR count). The fourth-order valence-electron chi connectivity index (χ4n) is 0.0589. The molecule has 5 heavy (non-hydrogen) atoms. The Kier molecular flexibility index (Phi) is 4.09. The zero-order valence-corrected chi connectivity index (χ0v) is 3.72. The van der Waals surface area contributed by atoms with E-state index in [0.717, 1.165) is 17.7 Å². The molecule has 0 atom stereocenters. The first-order valence-corrected chi connectivity index (χ1v) is 2.29. The van der Waals surface area contributed by atoms with Crippen LogP contribution in [0.5, 0.6) is 0 Å². The predicted octanol–water partition coefficient (Wildman–Crippen LogP) is 1.10. The highest BCUT2D eigenvalue weighted by atomic mass is 32.2. The predicted molar refractivity (Wildman–Crippen MR) is 25.8 cm³/mol. The van der Waals surface area contributed by atoms with Gasteiger partial charge in [-0.25, -0.2) is 0 Å². The third-order valence-electron chi connectivity index (χ3n) is 0.201. The van der Waals surface area contributed by atoms with Crippen molar-refractivity contribution in [3.63, 3.8) is 0 Å². The van der Waals surface area contributed by atoms with Crippen molar-refractivity contribution in [3.8, 4) is 0 Å². The second-order valence-electron chi connectivity index (χ2n) is 0.600. The van der Waals surface area contributed by atoms with E-state index >= 15 is 0 Å². The van der Waals surface area contributed by atoms with Gasteiger partial charge in [0, 0.05) is 5.75 Å². The molecular formula is C3H6NS. The van der Waals surface area contributed by atoms with Gasteiger partial charge in [0.1, 0.15) is 0 Å². The SMILES string of the molecule is C=CCS[NH]. The highest BCUT2D eigenvalue weighted by Crippen LogP contribution is 1.84. The number of nitrogens with one attached hydrogen (secondary N) is 1. The zero-order chi connectivity index (χ0) is 4.12. The van der Waals surface area contributed by atoms with Gasteiger partial charge in [0.05, 0.1) is 0 Å². The molecular weight excluding hydrogens is 82.1 g/mol. The number of hydrogen-bond acceptors (Lipinski definition) is 1. The molecule has 1 radical (unpaired) electrons. The minimum atomic E-state index is 0.736. The summed E-state index contributed by atoms with van der Waals surface area (Å²) in [5.74, 6) is 0.736. The van der Waals surface area contributed by atoms with Crippen LogP contribution in [0.15, 0.2) is 12.7 Å². The van der Waals surface area contributed by atoms with Crippen LogP contribution >= 0.6 is 11.9 Å². The van der Waals surface area contributed by atoms with Crippen LogP contribution in [0.1, 0.15) is 0 Å². The molecule has 0 aromatic carbocycles. The van der Waals surface area contributed by atoms with Gasteiger partial charge in [-0.2, -0.15) is 5.14 Å². The second-order valence-corrected chi connectivity index (χ2v) is 1.22. The molecule has 0 aromatic heterocycles. The topological polar surface area (TPSA) is 23.8 Å². The molecule has 0 unspecified atom stereocenters. The summed E-state index contributed by atoms with van der Waals surface area (Å²) in [6, 6.07) is 0. The van der Waals surface area contributed by atoms with E-state index in [9.17, 15) is 0 Å². The van der Waals surface area contributed by atoms with Gasteiger partial charge < -0.3 is 0 Å². The van der Waals surface area contributed by atoms with Crippen LogP contribution in [0.25, 0.3) is 0 Å². The van der Waals surface area contributed by atoms with E-state index in [1.165, 1.54) is 0 Å². The lowest BCUT2D eigenvalue weighted by Gasteiger charge is -1.72. The molecule has 0 fully saturated rings. The minimum Gasteiger partial charge on any atom is -0.191 e. The largest absolute Gasteiger partial charge is 0.191 e. The minimum absolute atomic E-state index is 0.736. The van der Waals surface area contributed by atoms with E-state index in [0.29, 0.717) is 0 Å². The van der Waals surface area contributed by atoms with Crippen LogP contribution < -0.4 is 5.14 Å². The molecule has 0 amide bonds. The molecule has 0 aliphatic rings. The van der Waals surface area contributed by atoms with Gasteiger partial charge in [-0.3, -0.25) is 0 Å². The van der Waals surface area contributed by atoms with Gasteiger partial charge in [0.2, 0.25) is 0 Å². The maximum atomic E-state index is 6.45. The molecule has 1 N–H and O–H groups in total. The Bertz CT molecular complexity index is 28.1. The van der Waals surface area contributed by atoms with Crippen molar-refractivity contribution in [2.75, 3.05) is 5.75 Å². The Morgan fingerprint density at radius 3 is 2.60 bits per heavy atom. The lowest BCUT2D eigenvalue weighted by Crippen LogP contribution is -1.61. The lowest BCUT2D eigenvalue weighted by atomic mass is 10.8. The average molecular weight is 88.2 g/mol. The highest BCUT2D eigenvalue weighted by Gasteiger charge is 1.62. The molecule has 0 heterocycles. The van der Waals surface area contributed by atoms with Crippen LogP contribution in [0.4, 0.5) is 0 Å². The van der Waals surface area contributed by atoms with Gasteiger partial charge in [0.15, 0.2) is 0 Å². The van der Waals surface area contributed by atoms with Crippen molar-refractivity contribution in [1.29, 1.82) is 0 Å². The Balaban J connectivity index is 2.40. The monoisotopic (exact) mass is 88.0 g/mol. The van der Waals surface area contributed by atoms with Crippen LogP contribution in [-0.2, 0) is 0 Å². The van der Waals surface area contributed by atoms with Gasteiger partial charge in [0.25, 0.3) is 0 Å². The fourth-order valence-corrected chi connectivity index (χ4v) is 0.177. The van der Waals surface area contributed by atoms with E-state index < -0.39 is 0 Å². The van der Waals surface area contributed by atoms with Gasteiger partial charge in [-0.15, -0.1) is 6.58 Å². The van der Waals surface area contributed by atoms with Crippen molar-refractivity contribution < 1.29 is 0 Å². The summed E-state index contributed by atoms with van der Waals surface area (Å²) in [6.07, 6.45) is 1.71. The molecule has 29 valence electrons. The van der Waals surface area contributed by atoms with Crippen molar-refractivity contribution in [3.05, 3.63) is 12.7 Å². The van der Waals surface area contributed by atoms with Gasteiger partial charge in [-0.1, -0.05) is 18.0 Å². The number of rotatable bonds is 2. The summed E-state index contributed by atoms with van der Waals surface area (Å²) in [5, 5.41) is 6.45. The molecule has 0 spiro atoms. The molecule has 0 bridgehead atoms. The van der Waals surface area contributed by atoms with Crippen LogP contribution in [-0.4, -0.2) is 5.75 Å². The fraction of sp³-hybridized carbons (Fsp3) is 0.333. The van der Waals surface area contributed by atoms with E-state index in [2.05, 4.69) is 6.58 Å². The molecule has 0 aliphatic heterocycles. The van der Waals surface area contributed by atoms with Crippen LogP contribution in [0.2, 0.25) is 0 Å². The summed E-state index contributed by atoms with van der Waals surface area (Å²) in [6.45, 7) is 3.41. The Morgan fingerprint density at radius 2 is 2.60 bits per heavy atom. The second kappa shape index (κ2) is 4.05. The van der Waals surface area contributed by atoms with E-state index in [1.807, 2.05) is 0 Å². The first-order valence-electron chi connectivity index (χ1n) is 1.31. The van der Waals surface area contributed by atoms with Crippen LogP contribution in [0.3, 0.4) is 0 Å². The van der Waals surface area contributed by atoms with E-state index in [1.54, 1.807) is 6.08 Å². The van der Waals surface area contributed by atoms with Crippen molar-refractivity contribution in [2.45, 2.75) is 0 Å². The summed E-state index contributed by atoms with van der Waals surface area (Å²) in [4.78, 5) is 0. The maximum Gasteiger partial charge on any atom is 0.0269 e. The molecule has 0 aliphatic carbocycles. The summed E-state index contributed by atoms with van der Waals surface area (Å²) in [5.41, 5.74) is 0. The lowest BCUT2D eigenvalue weighted by molar-refractivity contribution is 1.76. The van der Waals surface area contributed by atoms with Crippen molar-refractivity contribution >= 4 is 11.9 Å². The third-order valence-corrected chi connectivity index (χ3v) is 0.604. The molecule has 0 aromatic rings. The summed E-state index contributed by atoms with van der Waals surface area (Å²) >= 11 is 1.03. The molecule has 0 saturated carbocycles. The molecule has 0 saturated heterocycles. The molecule has 1 nitrogen and oxygen atoms in total. The highest BCUT2D eigenvalue weighted by molar-refractivity contribution is 7.96. The summed E-state index contributed by atoms with van der Waals surface area (Å²) in [7, 11) is 0. The average Bonchev–Trinajstić information content (AvgIpc) is 1.41. The number of hydrogen-bond donors (Lipinski definition) is 0. The first kappa shape index (κ1) is 5.05. The van der Waals surface area contributed by atoms with Gasteiger partial charge >= 0.3 is 0 Å². The van der Waals surface area contributed by atoms with E-state index in [4.69, 9.17) is 5.14 Å². The third kappa shape index (κ3) is 4.05. The molecule has 2 heteroatoms. The van der Waals surface area contributed by atoms with Crippen molar-refractivity contribution in [1.82, 2.24) is 5.14 Å². The smallest absolute Gasteiger partial charge is 0.0269 e. The van der Waals surface area contributed by atoms with Gasteiger partial charge in [-0.05, 0) is 0 Å². The van der Waals surface area contributed by atoms with Crippen LogP contribution in [0, 0.1) is 0 Å². The first-order chi connectivity index (χ1) is 2.41. The normalized spacial score (nSPS) is 7.40. The van der Waals surface area contributed by atoms with E-state index in [-0.39, 0.29) is 0 Å². The standard InChI is InChI=1S/C3H6NS/c1-2-3-5-4/h2,4H,1,3H2. The quantitative estimate of drug-likeness (QED) is 0.366. The Hall–Kier alpha value is 0.0500. The Morgan fingerprint density at radius 1 is 2.00 bits per heavy atom. The Labute approximate surface area is 36.4 Å².